The molecule has 0 heterocycles. The molecule has 0 aliphatic heterocycles. The minimum Gasteiger partial charge on any atom is -1.00 e. The van der Waals surface area contributed by atoms with E-state index in [2.05, 4.69) is 0 Å². The lowest BCUT2D eigenvalue weighted by molar-refractivity contribution is -0.860. The molecule has 1 aromatic rings. The maximum absolute atomic E-state index is 11.2. The third-order valence-electron chi connectivity index (χ3n) is 4.36. The van der Waals surface area contributed by atoms with Gasteiger partial charge in [0.15, 0.2) is 0 Å². The summed E-state index contributed by atoms with van der Waals surface area (Å²) in [6.07, 6.45) is 4.72. The highest BCUT2D eigenvalue weighted by Gasteiger charge is 2.40. The number of benzene rings is 1. The fourth-order valence-electron chi connectivity index (χ4n) is 3.24. The molecule has 0 amide bonds. The first-order valence-corrected chi connectivity index (χ1v) is 7.34. The van der Waals surface area contributed by atoms with E-state index in [0.29, 0.717) is 11.4 Å². The second-order valence-corrected chi connectivity index (χ2v) is 6.11. The molecule has 2 unspecified atom stereocenters. The van der Waals surface area contributed by atoms with Gasteiger partial charge in [-0.2, -0.15) is 0 Å². The fourth-order valence-corrected chi connectivity index (χ4v) is 3.24. The van der Waals surface area contributed by atoms with E-state index in [9.17, 15) is 5.11 Å². The molecule has 0 radical (unpaired) electrons. The zero-order valence-corrected chi connectivity index (χ0v) is 13.2. The molecule has 1 aromatic carbocycles. The summed E-state index contributed by atoms with van der Waals surface area (Å²) in [4.78, 5) is 0.483. The van der Waals surface area contributed by atoms with E-state index in [1.54, 1.807) is 7.05 Å². The molecule has 2 nitrogen and oxygen atoms in total. The van der Waals surface area contributed by atoms with Crippen LogP contribution < -0.4 is 17.3 Å². The summed E-state index contributed by atoms with van der Waals surface area (Å²) < 4.78 is 22.9. The van der Waals surface area contributed by atoms with Crippen molar-refractivity contribution in [2.24, 2.45) is 0 Å². The smallest absolute Gasteiger partial charge is 0.0886 e. The quantitative estimate of drug-likeness (QED) is 0.727. The fraction of sp³-hybridized carbons (Fsp3) is 0.647. The monoisotopic (exact) mass is 300 g/mol. The summed E-state index contributed by atoms with van der Waals surface area (Å²) in [5.74, 6) is -0.131. The largest absolute Gasteiger partial charge is 1.00 e. The van der Waals surface area contributed by atoms with Crippen molar-refractivity contribution in [2.45, 2.75) is 50.5 Å². The highest BCUT2D eigenvalue weighted by atomic mass is 35.5. The molecule has 0 aromatic heterocycles. The topological polar surface area (TPSA) is 24.7 Å². The third-order valence-corrected chi connectivity index (χ3v) is 4.36. The summed E-state index contributed by atoms with van der Waals surface area (Å²) >= 11 is 0. The molecule has 0 spiro atoms. The van der Waals surface area contributed by atoms with Gasteiger partial charge in [0.1, 0.15) is 0 Å². The van der Waals surface area contributed by atoms with Crippen LogP contribution in [0.5, 0.6) is 0 Å². The van der Waals surface area contributed by atoms with Crippen molar-refractivity contribution >= 4 is 0 Å². The molecule has 1 aliphatic rings. The van der Waals surface area contributed by atoms with Crippen molar-refractivity contribution in [2.75, 3.05) is 20.6 Å². The van der Waals surface area contributed by atoms with Crippen LogP contribution >= 0.6 is 0 Å². The van der Waals surface area contributed by atoms with E-state index in [1.807, 2.05) is 31.2 Å². The van der Waals surface area contributed by atoms with Gasteiger partial charge in [0.25, 0.3) is 0 Å². The zero-order valence-electron chi connectivity index (χ0n) is 15.5. The van der Waals surface area contributed by atoms with Gasteiger partial charge < -0.3 is 22.4 Å². The molecular formula is C17H28ClNO. The average Bonchev–Trinajstić information content (AvgIpc) is 2.45. The van der Waals surface area contributed by atoms with Crippen molar-refractivity contribution in [3.05, 3.63) is 35.4 Å². The maximum atomic E-state index is 11.2. The molecule has 3 heteroatoms. The molecule has 2 N–H and O–H groups in total. The predicted molar refractivity (Wildman–Crippen MR) is 79.6 cm³/mol. The number of halogens is 1. The zero-order chi connectivity index (χ0) is 16.4. The average molecular weight is 301 g/mol. The van der Waals surface area contributed by atoms with Crippen LogP contribution in [0.15, 0.2) is 24.3 Å². The maximum Gasteiger partial charge on any atom is 0.0886 e. The standard InChI is InChI=1S/C17H27NO.ClH/c1-14-7-9-15(10-8-14)16(13-18(2)3)17(19)11-5-4-6-12-17;/h7-10,16,19H,4-6,11-13H2,1-3H3;1H/i2D3;. The number of quaternary nitrogens is 1. The molecule has 2 atom stereocenters. The van der Waals surface area contributed by atoms with Gasteiger partial charge in [-0.3, -0.25) is 0 Å². The van der Waals surface area contributed by atoms with Crippen molar-refractivity contribution in [1.82, 2.24) is 0 Å². The van der Waals surface area contributed by atoms with Crippen LogP contribution in [0, 0.1) is 6.92 Å². The van der Waals surface area contributed by atoms with E-state index in [-0.39, 0.29) is 18.3 Å². The molecule has 2 rings (SSSR count). The number of nitrogens with one attached hydrogen (secondary N) is 1. The first kappa shape index (κ1) is 13.1. The normalized spacial score (nSPS) is 23.6. The Labute approximate surface area is 133 Å². The number of rotatable bonds is 4. The van der Waals surface area contributed by atoms with Crippen molar-refractivity contribution < 1.29 is 26.5 Å². The highest BCUT2D eigenvalue weighted by molar-refractivity contribution is 5.27. The van der Waals surface area contributed by atoms with Crippen LogP contribution in [0.2, 0.25) is 0 Å². The molecular weight excluding hydrogens is 270 g/mol. The van der Waals surface area contributed by atoms with Gasteiger partial charge in [-0.15, -0.1) is 0 Å². The Bertz CT molecular complexity index is 484. The molecule has 114 valence electrons. The summed E-state index contributed by atoms with van der Waals surface area (Å²) in [5.41, 5.74) is 1.45. The summed E-state index contributed by atoms with van der Waals surface area (Å²) in [6, 6.07) is 8.16. The number of hydrogen-bond acceptors (Lipinski definition) is 1. The van der Waals surface area contributed by atoms with E-state index >= 15 is 0 Å². The van der Waals surface area contributed by atoms with Gasteiger partial charge in [-0.05, 0) is 25.3 Å². The van der Waals surface area contributed by atoms with E-state index in [0.717, 1.165) is 37.7 Å². The van der Waals surface area contributed by atoms with Crippen LogP contribution in [0.4, 0.5) is 0 Å². The second-order valence-electron chi connectivity index (χ2n) is 6.11. The summed E-state index contributed by atoms with van der Waals surface area (Å²) in [5, 5.41) is 11.2. The number of aryl methyl sites for hydroxylation is 1. The van der Waals surface area contributed by atoms with Crippen molar-refractivity contribution in [3.63, 3.8) is 0 Å². The second kappa shape index (κ2) is 7.44. The van der Waals surface area contributed by atoms with Gasteiger partial charge in [0.05, 0.1) is 36.2 Å². The molecule has 1 fully saturated rings. The Morgan fingerprint density at radius 2 is 1.85 bits per heavy atom. The Morgan fingerprint density at radius 1 is 1.25 bits per heavy atom. The van der Waals surface area contributed by atoms with E-state index in [4.69, 9.17) is 4.11 Å². The van der Waals surface area contributed by atoms with Crippen LogP contribution in [-0.2, 0) is 0 Å². The van der Waals surface area contributed by atoms with Crippen LogP contribution in [-0.4, -0.2) is 31.3 Å². The minimum atomic E-state index is -2.05. The number of aliphatic hydroxyl groups is 1. The van der Waals surface area contributed by atoms with Crippen LogP contribution in [0.25, 0.3) is 0 Å². The Morgan fingerprint density at radius 3 is 2.40 bits per heavy atom. The lowest BCUT2D eigenvalue weighted by Crippen LogP contribution is -3.06. The highest BCUT2D eigenvalue weighted by Crippen LogP contribution is 2.39. The molecule has 0 bridgehead atoms. The molecule has 1 saturated carbocycles. The Hall–Kier alpha value is -0.570. The van der Waals surface area contributed by atoms with E-state index in [1.165, 1.54) is 5.56 Å². The minimum absolute atomic E-state index is 0. The van der Waals surface area contributed by atoms with Crippen LogP contribution in [0.3, 0.4) is 0 Å². The van der Waals surface area contributed by atoms with Crippen LogP contribution in [0.1, 0.15) is 53.3 Å². The summed E-state index contributed by atoms with van der Waals surface area (Å²) in [6.45, 7) is 0.415. The molecule has 20 heavy (non-hydrogen) atoms. The summed E-state index contributed by atoms with van der Waals surface area (Å²) in [7, 11) is 1.69. The molecule has 1 aliphatic carbocycles. The first-order valence-electron chi connectivity index (χ1n) is 8.84. The Balaban J connectivity index is 0.00000264. The van der Waals surface area contributed by atoms with Crippen molar-refractivity contribution in [3.8, 4) is 0 Å². The lowest BCUT2D eigenvalue weighted by atomic mass is 9.72. The first-order chi connectivity index (χ1) is 10.2. The Kier molecular flexibility index (Phi) is 4.88. The SMILES string of the molecule is [2H]C([2H])([2H])[NH+](C)CC(c1ccc(C)cc1)C1(O)CCCCC1.[Cl-]. The van der Waals surface area contributed by atoms with Gasteiger partial charge in [0, 0.05) is 0 Å². The van der Waals surface area contributed by atoms with Crippen molar-refractivity contribution in [1.29, 1.82) is 0 Å². The third kappa shape index (κ3) is 4.21. The van der Waals surface area contributed by atoms with E-state index < -0.39 is 12.6 Å². The number of hydrogen-bond donors (Lipinski definition) is 2. The van der Waals surface area contributed by atoms with Gasteiger partial charge >= 0.3 is 0 Å². The van der Waals surface area contributed by atoms with Gasteiger partial charge in [-0.25, -0.2) is 0 Å². The molecule has 0 saturated heterocycles. The predicted octanol–water partition coefficient (Wildman–Crippen LogP) is -1.08. The number of likely N-dealkylation sites (N-methyl/N-ethyl adjacent to an activating group) is 1. The van der Waals surface area contributed by atoms with Gasteiger partial charge in [0.2, 0.25) is 0 Å². The van der Waals surface area contributed by atoms with Gasteiger partial charge in [-0.1, -0.05) is 49.1 Å². The lowest BCUT2D eigenvalue weighted by Gasteiger charge is -2.39.